The molecule has 0 atom stereocenters. The van der Waals surface area contributed by atoms with E-state index in [2.05, 4.69) is 20.1 Å². The summed E-state index contributed by atoms with van der Waals surface area (Å²) >= 11 is 5.94. The van der Waals surface area contributed by atoms with Gasteiger partial charge in [0.05, 0.1) is 11.7 Å². The summed E-state index contributed by atoms with van der Waals surface area (Å²) in [5.41, 5.74) is 9.65. The zero-order valence-electron chi connectivity index (χ0n) is 14.0. The van der Waals surface area contributed by atoms with Crippen LogP contribution in [0.1, 0.15) is 18.1 Å². The van der Waals surface area contributed by atoms with Crippen molar-refractivity contribution in [2.75, 3.05) is 5.73 Å². The van der Waals surface area contributed by atoms with Gasteiger partial charge in [-0.15, -0.1) is 0 Å². The first-order valence-electron chi connectivity index (χ1n) is 8.11. The third-order valence-electron chi connectivity index (χ3n) is 4.06. The first kappa shape index (κ1) is 16.3. The maximum atomic E-state index is 5.94. The van der Waals surface area contributed by atoms with Crippen molar-refractivity contribution in [3.8, 4) is 5.95 Å². The molecule has 0 spiro atoms. The van der Waals surface area contributed by atoms with Crippen molar-refractivity contribution in [3.63, 3.8) is 0 Å². The van der Waals surface area contributed by atoms with E-state index in [1.807, 2.05) is 54.1 Å². The number of nitrogen functional groups attached to an aromatic ring is 1. The molecule has 4 rings (SSSR count). The number of hydrogen-bond acceptors (Lipinski definition) is 5. The van der Waals surface area contributed by atoms with E-state index in [9.17, 15) is 0 Å². The Morgan fingerprint density at radius 3 is 2.65 bits per heavy atom. The molecule has 4 aromatic rings. The molecule has 0 fully saturated rings. The quantitative estimate of drug-likeness (QED) is 0.598. The monoisotopic (exact) mass is 365 g/mol. The lowest BCUT2D eigenvalue weighted by molar-refractivity contribution is 0.705. The molecule has 0 saturated carbocycles. The standard InChI is InChI=1S/C18H16ClN7/c1-2-25-16-13(6-3-12-4-7-14(19)8-5-12)9-21-10-15(16)24-18(25)26-17(20)22-11-23-26/h3-11H,2H2,1H3,(H2,20,22,23)/b6-3+. The molecular weight excluding hydrogens is 350 g/mol. The van der Waals surface area contributed by atoms with E-state index in [-0.39, 0.29) is 0 Å². The number of nitrogens with two attached hydrogens (primary N) is 1. The van der Waals surface area contributed by atoms with Crippen LogP contribution >= 0.6 is 11.6 Å². The minimum absolute atomic E-state index is 0.293. The Morgan fingerprint density at radius 2 is 1.96 bits per heavy atom. The highest BCUT2D eigenvalue weighted by molar-refractivity contribution is 6.30. The molecule has 7 nitrogen and oxygen atoms in total. The number of aromatic nitrogens is 6. The Kier molecular flexibility index (Phi) is 4.14. The molecule has 0 aliphatic rings. The van der Waals surface area contributed by atoms with Crippen LogP contribution in [0.25, 0.3) is 29.1 Å². The summed E-state index contributed by atoms with van der Waals surface area (Å²) in [6.07, 6.45) is 8.99. The van der Waals surface area contributed by atoms with Crippen LogP contribution in [-0.2, 0) is 6.54 Å². The lowest BCUT2D eigenvalue weighted by Crippen LogP contribution is -2.10. The molecule has 0 aliphatic carbocycles. The fourth-order valence-electron chi connectivity index (χ4n) is 2.85. The van der Waals surface area contributed by atoms with Crippen molar-refractivity contribution >= 4 is 40.7 Å². The highest BCUT2D eigenvalue weighted by Gasteiger charge is 2.16. The van der Waals surface area contributed by atoms with Crippen LogP contribution in [0, 0.1) is 0 Å². The van der Waals surface area contributed by atoms with E-state index in [0.29, 0.717) is 23.5 Å². The first-order valence-corrected chi connectivity index (χ1v) is 8.49. The number of imidazole rings is 1. The number of rotatable bonds is 4. The average molecular weight is 366 g/mol. The van der Waals surface area contributed by atoms with Gasteiger partial charge in [-0.2, -0.15) is 14.8 Å². The number of fused-ring (bicyclic) bond motifs is 1. The second-order valence-electron chi connectivity index (χ2n) is 5.67. The molecule has 8 heteroatoms. The van der Waals surface area contributed by atoms with Gasteiger partial charge in [-0.3, -0.25) is 4.98 Å². The van der Waals surface area contributed by atoms with E-state index in [1.54, 1.807) is 6.20 Å². The van der Waals surface area contributed by atoms with Crippen LogP contribution < -0.4 is 5.73 Å². The Morgan fingerprint density at radius 1 is 1.15 bits per heavy atom. The third kappa shape index (κ3) is 2.82. The third-order valence-corrected chi connectivity index (χ3v) is 4.32. The van der Waals surface area contributed by atoms with E-state index in [1.165, 1.54) is 11.0 Å². The number of halogens is 1. The number of benzene rings is 1. The molecule has 0 radical (unpaired) electrons. The van der Waals surface area contributed by atoms with Crippen LogP contribution in [-0.4, -0.2) is 29.3 Å². The second-order valence-corrected chi connectivity index (χ2v) is 6.10. The van der Waals surface area contributed by atoms with Crippen molar-refractivity contribution in [2.24, 2.45) is 0 Å². The van der Waals surface area contributed by atoms with Crippen LogP contribution in [0.2, 0.25) is 5.02 Å². The van der Waals surface area contributed by atoms with Gasteiger partial charge in [-0.25, -0.2) is 4.98 Å². The van der Waals surface area contributed by atoms with Gasteiger partial charge in [0.1, 0.15) is 11.8 Å². The van der Waals surface area contributed by atoms with E-state index in [4.69, 9.17) is 17.3 Å². The molecule has 0 aliphatic heterocycles. The maximum Gasteiger partial charge on any atom is 0.235 e. The van der Waals surface area contributed by atoms with Crippen molar-refractivity contribution in [3.05, 3.63) is 59.1 Å². The molecule has 3 heterocycles. The highest BCUT2D eigenvalue weighted by atomic mass is 35.5. The summed E-state index contributed by atoms with van der Waals surface area (Å²) in [6.45, 7) is 2.75. The molecule has 0 amide bonds. The Labute approximate surface area is 154 Å². The summed E-state index contributed by atoms with van der Waals surface area (Å²) < 4.78 is 3.57. The van der Waals surface area contributed by atoms with Crippen molar-refractivity contribution in [1.82, 2.24) is 29.3 Å². The smallest absolute Gasteiger partial charge is 0.235 e. The minimum atomic E-state index is 0.293. The molecule has 1 aromatic carbocycles. The van der Waals surface area contributed by atoms with Gasteiger partial charge in [0.2, 0.25) is 11.9 Å². The fourth-order valence-corrected chi connectivity index (χ4v) is 2.98. The molecule has 0 unspecified atom stereocenters. The largest absolute Gasteiger partial charge is 0.368 e. The van der Waals surface area contributed by atoms with Gasteiger partial charge in [-0.1, -0.05) is 35.9 Å². The lowest BCUT2D eigenvalue weighted by atomic mass is 10.1. The van der Waals surface area contributed by atoms with Gasteiger partial charge in [0, 0.05) is 23.3 Å². The molecule has 0 bridgehead atoms. The Bertz CT molecular complexity index is 1090. The number of nitrogens with zero attached hydrogens (tertiary/aromatic N) is 6. The van der Waals surface area contributed by atoms with Crippen LogP contribution in [0.3, 0.4) is 0 Å². The summed E-state index contributed by atoms with van der Waals surface area (Å²) in [7, 11) is 0. The molecule has 26 heavy (non-hydrogen) atoms. The summed E-state index contributed by atoms with van der Waals surface area (Å²) in [4.78, 5) is 12.9. The topological polar surface area (TPSA) is 87.4 Å². The molecule has 130 valence electrons. The van der Waals surface area contributed by atoms with Crippen LogP contribution in [0.4, 0.5) is 5.95 Å². The first-order chi connectivity index (χ1) is 12.7. The van der Waals surface area contributed by atoms with Crippen molar-refractivity contribution in [2.45, 2.75) is 13.5 Å². The lowest BCUT2D eigenvalue weighted by Gasteiger charge is -2.07. The van der Waals surface area contributed by atoms with E-state index in [0.717, 1.165) is 22.2 Å². The highest BCUT2D eigenvalue weighted by Crippen LogP contribution is 2.24. The Hall–Kier alpha value is -3.19. The zero-order valence-corrected chi connectivity index (χ0v) is 14.8. The second kappa shape index (κ2) is 6.61. The average Bonchev–Trinajstić information content (AvgIpc) is 3.24. The summed E-state index contributed by atoms with van der Waals surface area (Å²) in [5, 5.41) is 4.88. The van der Waals surface area contributed by atoms with E-state index >= 15 is 0 Å². The number of anilines is 1. The number of aryl methyl sites for hydroxylation is 1. The molecule has 2 N–H and O–H groups in total. The normalized spacial score (nSPS) is 11.6. The van der Waals surface area contributed by atoms with Crippen LogP contribution in [0.5, 0.6) is 0 Å². The molecular formula is C18H16ClN7. The molecule has 3 aromatic heterocycles. The summed E-state index contributed by atoms with van der Waals surface area (Å²) in [6, 6.07) is 7.65. The maximum absolute atomic E-state index is 5.94. The minimum Gasteiger partial charge on any atom is -0.368 e. The van der Waals surface area contributed by atoms with Crippen molar-refractivity contribution in [1.29, 1.82) is 0 Å². The van der Waals surface area contributed by atoms with E-state index < -0.39 is 0 Å². The molecule has 0 saturated heterocycles. The zero-order chi connectivity index (χ0) is 18.1. The van der Waals surface area contributed by atoms with Gasteiger partial charge >= 0.3 is 0 Å². The van der Waals surface area contributed by atoms with Gasteiger partial charge in [-0.05, 0) is 24.6 Å². The predicted octanol–water partition coefficient (Wildman–Crippen LogP) is 3.44. The number of hydrogen-bond donors (Lipinski definition) is 1. The van der Waals surface area contributed by atoms with Gasteiger partial charge in [0.25, 0.3) is 0 Å². The van der Waals surface area contributed by atoms with Crippen molar-refractivity contribution < 1.29 is 0 Å². The Balaban J connectivity index is 1.84. The van der Waals surface area contributed by atoms with Gasteiger partial charge in [0.15, 0.2) is 0 Å². The SMILES string of the molecule is CCn1c(-n2ncnc2N)nc2cncc(/C=C/c3ccc(Cl)cc3)c21. The summed E-state index contributed by atoms with van der Waals surface area (Å²) in [5.74, 6) is 0.910. The predicted molar refractivity (Wildman–Crippen MR) is 103 cm³/mol. The fraction of sp³-hybridized carbons (Fsp3) is 0.111. The van der Waals surface area contributed by atoms with Crippen LogP contribution in [0.15, 0.2) is 43.0 Å². The number of pyridine rings is 1. The van der Waals surface area contributed by atoms with Gasteiger partial charge < -0.3 is 10.3 Å².